The quantitative estimate of drug-likeness (QED) is 0.784. The van der Waals surface area contributed by atoms with E-state index < -0.39 is 0 Å². The third-order valence-electron chi connectivity index (χ3n) is 5.14. The molecule has 1 aromatic heterocycles. The maximum absolute atomic E-state index is 12.1. The number of aryl methyl sites for hydroxylation is 1. The first-order valence-electron chi connectivity index (χ1n) is 9.60. The Kier molecular flexibility index (Phi) is 7.09. The lowest BCUT2D eigenvalue weighted by Gasteiger charge is -2.33. The van der Waals surface area contributed by atoms with Gasteiger partial charge in [-0.25, -0.2) is 4.79 Å². The van der Waals surface area contributed by atoms with Crippen molar-refractivity contribution in [3.63, 3.8) is 0 Å². The summed E-state index contributed by atoms with van der Waals surface area (Å²) in [5, 5.41) is 21.4. The second-order valence-electron chi connectivity index (χ2n) is 7.32. The summed E-state index contributed by atoms with van der Waals surface area (Å²) in [7, 11) is 0. The van der Waals surface area contributed by atoms with Crippen molar-refractivity contribution in [2.24, 2.45) is 0 Å². The fraction of sp³-hybridized carbons (Fsp3) is 0.722. The first-order chi connectivity index (χ1) is 13.0. The van der Waals surface area contributed by atoms with E-state index in [-0.39, 0.29) is 18.2 Å². The molecule has 2 N–H and O–H groups in total. The van der Waals surface area contributed by atoms with Gasteiger partial charge in [0.05, 0.1) is 6.10 Å². The minimum atomic E-state index is -0.291. The van der Waals surface area contributed by atoms with Crippen molar-refractivity contribution in [3.8, 4) is 0 Å². The van der Waals surface area contributed by atoms with E-state index in [0.29, 0.717) is 44.2 Å². The van der Waals surface area contributed by atoms with Crippen molar-refractivity contribution in [1.82, 2.24) is 20.0 Å². The van der Waals surface area contributed by atoms with Gasteiger partial charge in [0.2, 0.25) is 0 Å². The number of nitrogens with zero attached hydrogens (tertiary/aromatic N) is 4. The highest BCUT2D eigenvalue weighted by molar-refractivity contribution is 6.30. The summed E-state index contributed by atoms with van der Waals surface area (Å²) >= 11 is 5.93. The number of aliphatic hydroxyl groups excluding tert-OH is 1. The molecule has 0 aromatic carbocycles. The number of piperidine rings is 2. The van der Waals surface area contributed by atoms with Crippen LogP contribution >= 0.6 is 11.6 Å². The summed E-state index contributed by atoms with van der Waals surface area (Å²) in [6.45, 7) is 6.01. The molecule has 0 bridgehead atoms. The normalized spacial score (nSPS) is 21.9. The van der Waals surface area contributed by atoms with Gasteiger partial charge in [0.1, 0.15) is 12.4 Å². The Hall–Kier alpha value is -1.64. The summed E-state index contributed by atoms with van der Waals surface area (Å²) in [5.41, 5.74) is 0.902. The van der Waals surface area contributed by atoms with Gasteiger partial charge in [0.25, 0.3) is 0 Å². The molecule has 8 nitrogen and oxygen atoms in total. The highest BCUT2D eigenvalue weighted by Crippen LogP contribution is 2.18. The fourth-order valence-electron chi connectivity index (χ4n) is 3.53. The van der Waals surface area contributed by atoms with Crippen LogP contribution < -0.4 is 5.32 Å². The highest BCUT2D eigenvalue weighted by Gasteiger charge is 2.23. The number of halogens is 1. The molecule has 3 heterocycles. The van der Waals surface area contributed by atoms with Crippen LogP contribution in [0.4, 0.5) is 10.6 Å². The largest absolute Gasteiger partial charge is 0.448 e. The molecular formula is C18H28ClN5O3. The Balaban J connectivity index is 1.39. The molecular weight excluding hydrogens is 370 g/mol. The Morgan fingerprint density at radius 2 is 2.11 bits per heavy atom. The van der Waals surface area contributed by atoms with Crippen LogP contribution in [0.15, 0.2) is 6.07 Å². The van der Waals surface area contributed by atoms with Crippen LogP contribution in [0.5, 0.6) is 0 Å². The van der Waals surface area contributed by atoms with E-state index in [1.165, 1.54) is 0 Å². The number of rotatable bonds is 5. The minimum absolute atomic E-state index is 0.277. The van der Waals surface area contributed by atoms with E-state index in [2.05, 4.69) is 20.4 Å². The van der Waals surface area contributed by atoms with Crippen LogP contribution in [0.25, 0.3) is 0 Å². The number of hydrogen-bond donors (Lipinski definition) is 2. The summed E-state index contributed by atoms with van der Waals surface area (Å²) < 4.78 is 5.41. The Labute approximate surface area is 164 Å². The molecule has 0 spiro atoms. The third-order valence-corrected chi connectivity index (χ3v) is 5.51. The standard InChI is InChI=1S/C18H28ClN5O3/c1-13-11-16(21-22-17(13)19)20-14-3-2-6-23(12-14)9-10-27-18(26)24-7-4-15(25)5-8-24/h11,14-15,25H,2-10,12H2,1H3,(H,20,21)/t14-/m1/s1. The molecule has 2 aliphatic heterocycles. The fourth-order valence-corrected chi connectivity index (χ4v) is 3.62. The third kappa shape index (κ3) is 5.92. The van der Waals surface area contributed by atoms with Crippen LogP contribution in [0.1, 0.15) is 31.2 Å². The van der Waals surface area contributed by atoms with Crippen molar-refractivity contribution in [1.29, 1.82) is 0 Å². The van der Waals surface area contributed by atoms with Crippen LogP contribution in [0, 0.1) is 6.92 Å². The number of nitrogens with one attached hydrogen (secondary N) is 1. The maximum atomic E-state index is 12.1. The monoisotopic (exact) mass is 397 g/mol. The first-order valence-corrected chi connectivity index (χ1v) is 9.97. The zero-order chi connectivity index (χ0) is 19.2. The molecule has 0 saturated carbocycles. The molecule has 9 heteroatoms. The SMILES string of the molecule is Cc1cc(N[C@@H]2CCCN(CCOC(=O)N3CCC(O)CC3)C2)nnc1Cl. The predicted octanol–water partition coefficient (Wildman–Crippen LogP) is 1.91. The van der Waals surface area contributed by atoms with E-state index in [0.717, 1.165) is 37.3 Å². The molecule has 1 aromatic rings. The van der Waals surface area contributed by atoms with Gasteiger partial charge >= 0.3 is 6.09 Å². The van der Waals surface area contributed by atoms with Gasteiger partial charge < -0.3 is 20.1 Å². The number of anilines is 1. The van der Waals surface area contributed by atoms with E-state index in [4.69, 9.17) is 16.3 Å². The Morgan fingerprint density at radius 3 is 2.85 bits per heavy atom. The van der Waals surface area contributed by atoms with Gasteiger partial charge in [-0.2, -0.15) is 0 Å². The number of carbonyl (C=O) groups is 1. The first kappa shape index (κ1) is 20.1. The number of ether oxygens (including phenoxy) is 1. The topological polar surface area (TPSA) is 90.8 Å². The number of carbonyl (C=O) groups excluding carboxylic acids is 1. The number of amides is 1. The number of aromatic nitrogens is 2. The van der Waals surface area contributed by atoms with Gasteiger partial charge in [0.15, 0.2) is 5.15 Å². The summed E-state index contributed by atoms with van der Waals surface area (Å²) in [6.07, 6.45) is 2.83. The van der Waals surface area contributed by atoms with Gasteiger partial charge in [-0.1, -0.05) is 11.6 Å². The maximum Gasteiger partial charge on any atom is 0.409 e. The highest BCUT2D eigenvalue weighted by atomic mass is 35.5. The average molecular weight is 398 g/mol. The Morgan fingerprint density at radius 1 is 1.33 bits per heavy atom. The molecule has 0 unspecified atom stereocenters. The van der Waals surface area contributed by atoms with Crippen molar-refractivity contribution in [3.05, 3.63) is 16.8 Å². The van der Waals surface area contributed by atoms with E-state index in [1.807, 2.05) is 13.0 Å². The second kappa shape index (κ2) is 9.52. The predicted molar refractivity (Wildman–Crippen MR) is 103 cm³/mol. The van der Waals surface area contributed by atoms with E-state index in [9.17, 15) is 9.90 Å². The number of hydrogen-bond acceptors (Lipinski definition) is 7. The molecule has 1 amide bonds. The van der Waals surface area contributed by atoms with Crippen LogP contribution in [0.3, 0.4) is 0 Å². The van der Waals surface area contributed by atoms with E-state index >= 15 is 0 Å². The minimum Gasteiger partial charge on any atom is -0.448 e. The van der Waals surface area contributed by atoms with Crippen molar-refractivity contribution < 1.29 is 14.6 Å². The number of aliphatic hydroxyl groups is 1. The van der Waals surface area contributed by atoms with Gasteiger partial charge in [-0.15, -0.1) is 10.2 Å². The van der Waals surface area contributed by atoms with Gasteiger partial charge in [-0.3, -0.25) is 4.90 Å². The van der Waals surface area contributed by atoms with E-state index in [1.54, 1.807) is 4.90 Å². The molecule has 3 rings (SSSR count). The zero-order valence-electron chi connectivity index (χ0n) is 15.7. The van der Waals surface area contributed by atoms with Crippen molar-refractivity contribution in [2.45, 2.75) is 44.8 Å². The van der Waals surface area contributed by atoms with Crippen LogP contribution in [-0.2, 0) is 4.74 Å². The summed E-state index contributed by atoms with van der Waals surface area (Å²) in [4.78, 5) is 16.0. The molecule has 1 atom stereocenters. The molecule has 2 fully saturated rings. The second-order valence-corrected chi connectivity index (χ2v) is 7.68. The zero-order valence-corrected chi connectivity index (χ0v) is 16.5. The smallest absolute Gasteiger partial charge is 0.409 e. The van der Waals surface area contributed by atoms with Crippen molar-refractivity contribution >= 4 is 23.5 Å². The van der Waals surface area contributed by atoms with Crippen molar-refractivity contribution in [2.75, 3.05) is 44.6 Å². The lowest BCUT2D eigenvalue weighted by atomic mass is 10.1. The summed E-state index contributed by atoms with van der Waals surface area (Å²) in [5.74, 6) is 0.738. The van der Waals surface area contributed by atoms with Crippen LogP contribution in [0.2, 0.25) is 5.15 Å². The lowest BCUT2D eigenvalue weighted by Crippen LogP contribution is -2.44. The Bertz CT molecular complexity index is 639. The molecule has 150 valence electrons. The molecule has 2 saturated heterocycles. The average Bonchev–Trinajstić information content (AvgIpc) is 2.65. The van der Waals surface area contributed by atoms with Crippen LogP contribution in [-0.4, -0.2) is 82.7 Å². The van der Waals surface area contributed by atoms with Gasteiger partial charge in [0, 0.05) is 32.2 Å². The molecule has 0 radical (unpaired) electrons. The number of likely N-dealkylation sites (tertiary alicyclic amines) is 2. The van der Waals surface area contributed by atoms with Gasteiger partial charge in [-0.05, 0) is 50.8 Å². The molecule has 2 aliphatic rings. The molecule has 0 aliphatic carbocycles. The lowest BCUT2D eigenvalue weighted by molar-refractivity contribution is 0.0531. The molecule has 27 heavy (non-hydrogen) atoms. The summed E-state index contributed by atoms with van der Waals surface area (Å²) in [6, 6.07) is 2.19.